The molecule has 2 aromatic rings. The summed E-state index contributed by atoms with van der Waals surface area (Å²) in [5, 5.41) is 6.65. The first kappa shape index (κ1) is 20.1. The predicted octanol–water partition coefficient (Wildman–Crippen LogP) is 2.16. The molecule has 164 valence electrons. The van der Waals surface area contributed by atoms with Gasteiger partial charge in [-0.3, -0.25) is 9.59 Å². The number of aryl methyl sites for hydroxylation is 1. The maximum Gasteiger partial charge on any atom is 0.255 e. The van der Waals surface area contributed by atoms with Gasteiger partial charge in [-0.05, 0) is 31.9 Å². The Morgan fingerprint density at radius 1 is 1.26 bits per heavy atom. The van der Waals surface area contributed by atoms with Crippen molar-refractivity contribution >= 4 is 17.5 Å². The van der Waals surface area contributed by atoms with Crippen LogP contribution in [-0.4, -0.2) is 57.2 Å². The number of aromatic nitrogens is 2. The molecule has 0 saturated carbocycles. The number of hydrogen-bond acceptors (Lipinski definition) is 5. The van der Waals surface area contributed by atoms with Crippen LogP contribution >= 0.6 is 0 Å². The highest BCUT2D eigenvalue weighted by Crippen LogP contribution is 2.43. The van der Waals surface area contributed by atoms with Crippen LogP contribution in [0.1, 0.15) is 42.4 Å². The number of amides is 2. The van der Waals surface area contributed by atoms with Crippen LogP contribution in [0.15, 0.2) is 36.7 Å². The molecule has 8 heteroatoms. The van der Waals surface area contributed by atoms with Crippen LogP contribution in [-0.2, 0) is 16.1 Å². The first-order valence-electron chi connectivity index (χ1n) is 11.0. The van der Waals surface area contributed by atoms with E-state index in [0.29, 0.717) is 38.2 Å². The minimum Gasteiger partial charge on any atom is -0.370 e. The molecule has 2 saturated heterocycles. The van der Waals surface area contributed by atoms with Crippen LogP contribution in [0.2, 0.25) is 0 Å². The Labute approximate surface area is 182 Å². The molecule has 2 N–H and O–H groups in total. The van der Waals surface area contributed by atoms with E-state index in [9.17, 15) is 9.59 Å². The van der Waals surface area contributed by atoms with Crippen LogP contribution in [0.5, 0.6) is 0 Å². The summed E-state index contributed by atoms with van der Waals surface area (Å²) in [5.74, 6) is 0.930. The lowest BCUT2D eigenvalue weighted by Crippen LogP contribution is -2.59. The molecule has 0 radical (unpaired) electrons. The normalized spacial score (nSPS) is 25.2. The van der Waals surface area contributed by atoms with Crippen LogP contribution in [0.25, 0.3) is 0 Å². The number of para-hydroxylation sites is 1. The van der Waals surface area contributed by atoms with Crippen molar-refractivity contribution in [1.29, 1.82) is 0 Å². The molecule has 31 heavy (non-hydrogen) atoms. The summed E-state index contributed by atoms with van der Waals surface area (Å²) in [6.45, 7) is 6.34. The lowest BCUT2D eigenvalue weighted by molar-refractivity contribution is -0.140. The van der Waals surface area contributed by atoms with Gasteiger partial charge in [0.2, 0.25) is 5.91 Å². The Bertz CT molecular complexity index is 1010. The fraction of sp³-hybridized carbons (Fsp3) is 0.522. The zero-order valence-electron chi connectivity index (χ0n) is 18.1. The van der Waals surface area contributed by atoms with Gasteiger partial charge >= 0.3 is 0 Å². The third-order valence-corrected chi connectivity index (χ3v) is 6.95. The summed E-state index contributed by atoms with van der Waals surface area (Å²) in [4.78, 5) is 31.8. The van der Waals surface area contributed by atoms with Crippen molar-refractivity contribution < 1.29 is 14.3 Å². The highest BCUT2D eigenvalue weighted by Gasteiger charge is 2.53. The molecule has 0 bridgehead atoms. The molecule has 0 aliphatic carbocycles. The highest BCUT2D eigenvalue weighted by molar-refractivity contribution is 6.02. The van der Waals surface area contributed by atoms with Gasteiger partial charge in [-0.15, -0.1) is 0 Å². The number of anilines is 1. The average Bonchev–Trinajstić information content (AvgIpc) is 3.31. The number of nitrogens with one attached hydrogen (secondary N) is 2. The van der Waals surface area contributed by atoms with E-state index in [0.717, 1.165) is 24.4 Å². The first-order chi connectivity index (χ1) is 14.9. The Balaban J connectivity index is 1.21. The van der Waals surface area contributed by atoms with E-state index in [1.807, 2.05) is 53.8 Å². The smallest absolute Gasteiger partial charge is 0.255 e. The number of hydrogen-bond donors (Lipinski definition) is 2. The number of carbonyl (C=O) groups is 2. The molecule has 2 atom stereocenters. The molecule has 2 fully saturated rings. The number of fused-ring (bicyclic) bond motifs is 1. The number of imidazole rings is 1. The van der Waals surface area contributed by atoms with E-state index in [1.54, 1.807) is 6.20 Å². The number of likely N-dealkylation sites (tertiary alicyclic amines) is 1. The number of ether oxygens (including phenoxy) is 1. The Morgan fingerprint density at radius 3 is 2.77 bits per heavy atom. The summed E-state index contributed by atoms with van der Waals surface area (Å²) < 4.78 is 8.32. The number of piperidine rings is 1. The minimum atomic E-state index is -0.580. The molecule has 5 rings (SSSR count). The minimum absolute atomic E-state index is 0.0637. The van der Waals surface area contributed by atoms with Gasteiger partial charge in [0.15, 0.2) is 0 Å². The van der Waals surface area contributed by atoms with Gasteiger partial charge in [-0.2, -0.15) is 0 Å². The second kappa shape index (κ2) is 7.37. The number of benzene rings is 1. The quantitative estimate of drug-likeness (QED) is 0.790. The molecule has 2 spiro atoms. The molecular weight excluding hydrogens is 394 g/mol. The maximum absolute atomic E-state index is 13.0. The molecular formula is C23H29N5O3. The van der Waals surface area contributed by atoms with E-state index >= 15 is 0 Å². The summed E-state index contributed by atoms with van der Waals surface area (Å²) >= 11 is 0. The van der Waals surface area contributed by atoms with Gasteiger partial charge in [0, 0.05) is 44.1 Å². The summed E-state index contributed by atoms with van der Waals surface area (Å²) in [6, 6.07) is 7.56. The van der Waals surface area contributed by atoms with Crippen LogP contribution in [0.3, 0.4) is 0 Å². The fourth-order valence-corrected chi connectivity index (χ4v) is 5.19. The van der Waals surface area contributed by atoms with Gasteiger partial charge in [0.25, 0.3) is 5.91 Å². The number of nitrogens with zero attached hydrogens (tertiary/aromatic N) is 3. The molecule has 3 aliphatic rings. The molecule has 8 nitrogen and oxygen atoms in total. The second-order valence-electron chi connectivity index (χ2n) is 9.21. The van der Waals surface area contributed by atoms with Gasteiger partial charge < -0.3 is 24.8 Å². The summed E-state index contributed by atoms with van der Waals surface area (Å²) in [6.07, 6.45) is 5.93. The van der Waals surface area contributed by atoms with Crippen molar-refractivity contribution in [3.8, 4) is 0 Å². The topological polar surface area (TPSA) is 88.5 Å². The highest BCUT2D eigenvalue weighted by atomic mass is 16.5. The van der Waals surface area contributed by atoms with Crippen LogP contribution in [0.4, 0.5) is 5.69 Å². The summed E-state index contributed by atoms with van der Waals surface area (Å²) in [7, 11) is 0. The number of rotatable bonds is 3. The van der Waals surface area contributed by atoms with E-state index in [1.165, 1.54) is 0 Å². The molecule has 4 heterocycles. The lowest BCUT2D eigenvalue weighted by atomic mass is 9.84. The zero-order chi connectivity index (χ0) is 21.6. The third-order valence-electron chi connectivity index (χ3n) is 6.95. The van der Waals surface area contributed by atoms with Gasteiger partial charge in [0.05, 0.1) is 23.7 Å². The van der Waals surface area contributed by atoms with Crippen molar-refractivity contribution in [3.63, 3.8) is 0 Å². The van der Waals surface area contributed by atoms with Crippen LogP contribution in [0, 0.1) is 12.8 Å². The molecule has 1 aromatic carbocycles. The maximum atomic E-state index is 13.0. The van der Waals surface area contributed by atoms with E-state index in [4.69, 9.17) is 4.74 Å². The van der Waals surface area contributed by atoms with Crippen molar-refractivity contribution in [2.24, 2.45) is 5.92 Å². The Hall–Kier alpha value is -2.87. The first-order valence-corrected chi connectivity index (χ1v) is 11.0. The standard InChI is InChI=1S/C23H29N5O3/c1-16(13-28-12-9-24-17(28)2)21(30)27-10-7-22(8-11-27)14-23(15-31-22)25-19-6-4-3-5-18(19)20(29)26-23/h3-6,9,12,16,25H,7-8,10-11,13-15H2,1-2H3,(H,26,29). The largest absolute Gasteiger partial charge is 0.370 e. The SMILES string of the molecule is Cc1nccn1CC(C)C(=O)N1CCC2(CC1)CC1(CO2)NC(=O)c2ccccc2N1. The van der Waals surface area contributed by atoms with Gasteiger partial charge in [-0.1, -0.05) is 19.1 Å². The second-order valence-corrected chi connectivity index (χ2v) is 9.21. The van der Waals surface area contributed by atoms with Crippen molar-refractivity contribution in [1.82, 2.24) is 19.8 Å². The van der Waals surface area contributed by atoms with E-state index in [-0.39, 0.29) is 23.3 Å². The van der Waals surface area contributed by atoms with Gasteiger partial charge in [-0.25, -0.2) is 4.98 Å². The Kier molecular flexibility index (Phi) is 4.77. The molecule has 1 aromatic heterocycles. The van der Waals surface area contributed by atoms with Crippen molar-refractivity contribution in [2.45, 2.75) is 50.9 Å². The lowest BCUT2D eigenvalue weighted by Gasteiger charge is -2.41. The van der Waals surface area contributed by atoms with Crippen molar-refractivity contribution in [3.05, 3.63) is 48.0 Å². The van der Waals surface area contributed by atoms with Crippen molar-refractivity contribution in [2.75, 3.05) is 25.0 Å². The molecule has 2 unspecified atom stereocenters. The molecule has 2 amide bonds. The number of carbonyl (C=O) groups excluding carboxylic acids is 2. The summed E-state index contributed by atoms with van der Waals surface area (Å²) in [5.41, 5.74) is 0.622. The monoisotopic (exact) mass is 423 g/mol. The Morgan fingerprint density at radius 2 is 2.03 bits per heavy atom. The van der Waals surface area contributed by atoms with Gasteiger partial charge in [0.1, 0.15) is 11.5 Å². The van der Waals surface area contributed by atoms with E-state index in [2.05, 4.69) is 15.6 Å². The average molecular weight is 424 g/mol. The third kappa shape index (κ3) is 3.59. The van der Waals surface area contributed by atoms with Crippen LogP contribution < -0.4 is 10.6 Å². The molecule has 3 aliphatic heterocycles. The predicted molar refractivity (Wildman–Crippen MR) is 116 cm³/mol. The zero-order valence-corrected chi connectivity index (χ0v) is 18.1. The fourth-order valence-electron chi connectivity index (χ4n) is 5.19. The van der Waals surface area contributed by atoms with E-state index < -0.39 is 5.66 Å².